The van der Waals surface area contributed by atoms with Gasteiger partial charge in [0.15, 0.2) is 0 Å². The number of hydrogen-bond acceptors (Lipinski definition) is 6. The lowest BCUT2D eigenvalue weighted by atomic mass is 9.93. The van der Waals surface area contributed by atoms with Crippen LogP contribution in [0, 0.1) is 0 Å². The second-order valence-corrected chi connectivity index (χ2v) is 8.85. The van der Waals surface area contributed by atoms with Crippen LogP contribution in [0.1, 0.15) is 52.1 Å². The van der Waals surface area contributed by atoms with Crippen molar-refractivity contribution in [3.63, 3.8) is 0 Å². The molecule has 1 aromatic rings. The largest absolute Gasteiger partial charge is 0.473 e. The molecule has 8 nitrogen and oxygen atoms in total. The number of pyridine rings is 1. The maximum Gasteiger partial charge on any atom is 0.410 e. The Morgan fingerprint density at radius 2 is 1.94 bits per heavy atom. The predicted molar refractivity (Wildman–Crippen MR) is 122 cm³/mol. The Morgan fingerprint density at radius 3 is 2.55 bits per heavy atom. The van der Waals surface area contributed by atoms with Gasteiger partial charge in [-0.2, -0.15) is 0 Å². The number of carbonyl (C=O) groups is 2. The highest BCUT2D eigenvalue weighted by Gasteiger charge is 2.28. The van der Waals surface area contributed by atoms with Gasteiger partial charge >= 0.3 is 6.09 Å². The maximum atomic E-state index is 14.1. The van der Waals surface area contributed by atoms with E-state index in [1.54, 1.807) is 11.0 Å². The molecule has 1 aromatic heterocycles. The highest BCUT2D eigenvalue weighted by Crippen LogP contribution is 2.28. The van der Waals surface area contributed by atoms with E-state index in [4.69, 9.17) is 14.3 Å². The van der Waals surface area contributed by atoms with Gasteiger partial charge < -0.3 is 14.4 Å². The van der Waals surface area contributed by atoms with Crippen LogP contribution in [-0.4, -0.2) is 66.4 Å². The molecular formula is C24H34FN3O5. The summed E-state index contributed by atoms with van der Waals surface area (Å²) in [6, 6.07) is 5.49. The maximum absolute atomic E-state index is 14.1. The first kappa shape index (κ1) is 26.3. The SMILES string of the molecule is CON(C)C(=O)/C(C)=C/C(F)=C/COc1cccc(C2CCN(C(=O)OC(C)(C)C)CC2)n1. The van der Waals surface area contributed by atoms with Gasteiger partial charge in [-0.05, 0) is 58.8 Å². The molecule has 0 unspecified atom stereocenters. The van der Waals surface area contributed by atoms with Crippen LogP contribution in [0.25, 0.3) is 0 Å². The molecule has 1 fully saturated rings. The summed E-state index contributed by atoms with van der Waals surface area (Å²) in [4.78, 5) is 35.2. The zero-order valence-corrected chi connectivity index (χ0v) is 20.3. The van der Waals surface area contributed by atoms with Gasteiger partial charge in [0, 0.05) is 43.4 Å². The topological polar surface area (TPSA) is 81.2 Å². The molecule has 2 rings (SSSR count). The van der Waals surface area contributed by atoms with Crippen molar-refractivity contribution in [1.29, 1.82) is 0 Å². The summed E-state index contributed by atoms with van der Waals surface area (Å²) < 4.78 is 25.1. The molecule has 0 bridgehead atoms. The van der Waals surface area contributed by atoms with Gasteiger partial charge in [-0.1, -0.05) is 6.07 Å². The summed E-state index contributed by atoms with van der Waals surface area (Å²) in [6.45, 7) is 8.23. The van der Waals surface area contributed by atoms with Crippen LogP contribution in [0.4, 0.5) is 9.18 Å². The first-order valence-electron chi connectivity index (χ1n) is 10.9. The number of hydroxylamine groups is 2. The number of rotatable bonds is 7. The molecule has 0 atom stereocenters. The van der Waals surface area contributed by atoms with Gasteiger partial charge in [-0.15, -0.1) is 0 Å². The number of nitrogens with zero attached hydrogens (tertiary/aromatic N) is 3. The van der Waals surface area contributed by atoms with E-state index in [0.29, 0.717) is 19.0 Å². The van der Waals surface area contributed by atoms with Crippen molar-refractivity contribution in [3.05, 3.63) is 47.4 Å². The van der Waals surface area contributed by atoms with E-state index in [0.717, 1.165) is 29.7 Å². The molecule has 9 heteroatoms. The molecule has 2 amide bonds. The van der Waals surface area contributed by atoms with E-state index in [2.05, 4.69) is 4.98 Å². The Balaban J connectivity index is 1.90. The van der Waals surface area contributed by atoms with Crippen molar-refractivity contribution < 1.29 is 28.3 Å². The first-order chi connectivity index (χ1) is 15.5. The number of amides is 2. The van der Waals surface area contributed by atoms with E-state index < -0.39 is 17.3 Å². The number of halogens is 1. The number of piperidine rings is 1. The fourth-order valence-electron chi connectivity index (χ4n) is 3.29. The van der Waals surface area contributed by atoms with Gasteiger partial charge in [-0.3, -0.25) is 9.63 Å². The van der Waals surface area contributed by atoms with Crippen molar-refractivity contribution in [2.75, 3.05) is 33.9 Å². The predicted octanol–water partition coefficient (Wildman–Crippen LogP) is 4.39. The van der Waals surface area contributed by atoms with Crippen LogP contribution in [0.5, 0.6) is 5.88 Å². The minimum Gasteiger partial charge on any atom is -0.473 e. The summed E-state index contributed by atoms with van der Waals surface area (Å²) in [7, 11) is 2.81. The van der Waals surface area contributed by atoms with Crippen LogP contribution in [0.2, 0.25) is 0 Å². The second-order valence-electron chi connectivity index (χ2n) is 8.85. The third kappa shape index (κ3) is 8.49. The zero-order valence-electron chi connectivity index (χ0n) is 20.3. The number of allylic oxidation sites excluding steroid dienone is 2. The van der Waals surface area contributed by atoms with Gasteiger partial charge in [-0.25, -0.2) is 19.2 Å². The Kier molecular flexibility index (Phi) is 9.40. The lowest BCUT2D eigenvalue weighted by molar-refractivity contribution is -0.163. The molecule has 0 spiro atoms. The third-order valence-corrected chi connectivity index (χ3v) is 5.07. The van der Waals surface area contributed by atoms with Crippen LogP contribution < -0.4 is 4.74 Å². The molecule has 2 heterocycles. The Hall–Kier alpha value is -2.94. The Labute approximate surface area is 195 Å². The van der Waals surface area contributed by atoms with E-state index in [1.807, 2.05) is 32.9 Å². The van der Waals surface area contributed by atoms with Crippen LogP contribution in [-0.2, 0) is 14.4 Å². The average molecular weight is 464 g/mol. The van der Waals surface area contributed by atoms with Crippen LogP contribution in [0.3, 0.4) is 0 Å². The Bertz CT molecular complexity index is 886. The fraction of sp³-hybridized carbons (Fsp3) is 0.542. The second kappa shape index (κ2) is 11.8. The standard InChI is InChI=1S/C24H34FN3O5/c1-17(22(29)27(5)31-6)16-19(25)12-15-32-21-9-7-8-20(26-21)18-10-13-28(14-11-18)23(30)33-24(2,3)4/h7-9,12,16,18H,10-11,13-15H2,1-6H3/b17-16+,19-12-. The van der Waals surface area contributed by atoms with Crippen molar-refractivity contribution >= 4 is 12.0 Å². The highest BCUT2D eigenvalue weighted by atomic mass is 19.1. The summed E-state index contributed by atoms with van der Waals surface area (Å²) in [5.74, 6) is -0.430. The minimum absolute atomic E-state index is 0.0303. The summed E-state index contributed by atoms with van der Waals surface area (Å²) in [5.41, 5.74) is 0.565. The molecule has 0 N–H and O–H groups in total. The molecule has 0 radical (unpaired) electrons. The molecule has 0 saturated carbocycles. The number of aromatic nitrogens is 1. The quantitative estimate of drug-likeness (QED) is 0.339. The number of likely N-dealkylation sites (N-methyl/N-ethyl adjacent to an activating group) is 1. The smallest absolute Gasteiger partial charge is 0.410 e. The highest BCUT2D eigenvalue weighted by molar-refractivity contribution is 5.92. The molecule has 1 aliphatic rings. The lowest BCUT2D eigenvalue weighted by Crippen LogP contribution is -2.41. The molecule has 33 heavy (non-hydrogen) atoms. The van der Waals surface area contributed by atoms with Crippen LogP contribution in [0.15, 0.2) is 41.8 Å². The van der Waals surface area contributed by atoms with Gasteiger partial charge in [0.25, 0.3) is 5.91 Å². The van der Waals surface area contributed by atoms with Gasteiger partial charge in [0.1, 0.15) is 18.0 Å². The molecule has 182 valence electrons. The van der Waals surface area contributed by atoms with Crippen molar-refractivity contribution in [2.24, 2.45) is 0 Å². The number of carbonyl (C=O) groups excluding carboxylic acids is 2. The van der Waals surface area contributed by atoms with Crippen molar-refractivity contribution in [2.45, 2.75) is 52.1 Å². The number of hydrogen-bond donors (Lipinski definition) is 0. The van der Waals surface area contributed by atoms with E-state index in [1.165, 1.54) is 27.2 Å². The lowest BCUT2D eigenvalue weighted by Gasteiger charge is -2.33. The molecule has 1 aliphatic heterocycles. The number of likely N-dealkylation sites (tertiary alicyclic amines) is 1. The van der Waals surface area contributed by atoms with E-state index >= 15 is 0 Å². The summed E-state index contributed by atoms with van der Waals surface area (Å²) >= 11 is 0. The summed E-state index contributed by atoms with van der Waals surface area (Å²) in [6.07, 6.45) is 3.62. The van der Waals surface area contributed by atoms with Crippen LogP contribution >= 0.6 is 0 Å². The van der Waals surface area contributed by atoms with E-state index in [9.17, 15) is 14.0 Å². The average Bonchev–Trinajstić information content (AvgIpc) is 2.77. The van der Waals surface area contributed by atoms with Crippen molar-refractivity contribution in [1.82, 2.24) is 14.9 Å². The monoisotopic (exact) mass is 463 g/mol. The normalized spacial score (nSPS) is 15.9. The van der Waals surface area contributed by atoms with Gasteiger partial charge in [0.2, 0.25) is 5.88 Å². The van der Waals surface area contributed by atoms with E-state index in [-0.39, 0.29) is 24.2 Å². The number of ether oxygens (including phenoxy) is 2. The molecule has 1 saturated heterocycles. The minimum atomic E-state index is -0.587. The molecule has 0 aromatic carbocycles. The van der Waals surface area contributed by atoms with Gasteiger partial charge in [0.05, 0.1) is 7.11 Å². The zero-order chi connectivity index (χ0) is 24.6. The Morgan fingerprint density at radius 1 is 1.27 bits per heavy atom. The molecular weight excluding hydrogens is 429 g/mol. The molecule has 0 aliphatic carbocycles. The third-order valence-electron chi connectivity index (χ3n) is 5.07. The van der Waals surface area contributed by atoms with Crippen molar-refractivity contribution in [3.8, 4) is 5.88 Å². The first-order valence-corrected chi connectivity index (χ1v) is 10.9. The fourth-order valence-corrected chi connectivity index (χ4v) is 3.29. The summed E-state index contributed by atoms with van der Waals surface area (Å²) in [5, 5.41) is 1.02.